The van der Waals surface area contributed by atoms with Gasteiger partial charge in [-0.05, 0) is 6.54 Å². The van der Waals surface area contributed by atoms with Crippen molar-refractivity contribution in [3.63, 3.8) is 0 Å². The summed E-state index contributed by atoms with van der Waals surface area (Å²) in [6, 6.07) is 0. The molecule has 3 heteroatoms. The molecule has 0 aromatic carbocycles. The van der Waals surface area contributed by atoms with Crippen LogP contribution in [-0.4, -0.2) is 18.7 Å². The lowest BCUT2D eigenvalue weighted by Crippen LogP contribution is -2.44. The van der Waals surface area contributed by atoms with Gasteiger partial charge in [-0.3, -0.25) is 10.1 Å². The summed E-state index contributed by atoms with van der Waals surface area (Å²) >= 11 is 0. The highest BCUT2D eigenvalue weighted by Crippen LogP contribution is 2.08. The Morgan fingerprint density at radius 2 is 2.62 bits per heavy atom. The molecule has 1 fully saturated rings. The number of carbonyl (C=O) groups excluding carboxylic acids is 1. The van der Waals surface area contributed by atoms with E-state index in [1.807, 2.05) is 6.92 Å². The molecule has 0 saturated carbocycles. The summed E-state index contributed by atoms with van der Waals surface area (Å²) < 4.78 is 4.63. The van der Waals surface area contributed by atoms with Gasteiger partial charge in [0.15, 0.2) is 6.23 Å². The third kappa shape index (κ3) is 0.980. The third-order valence-corrected chi connectivity index (χ3v) is 1.06. The van der Waals surface area contributed by atoms with Crippen molar-refractivity contribution in [1.29, 1.82) is 0 Å². The van der Waals surface area contributed by atoms with Crippen molar-refractivity contribution in [2.45, 2.75) is 19.6 Å². The van der Waals surface area contributed by atoms with E-state index in [4.69, 9.17) is 0 Å². The maximum atomic E-state index is 10.1. The van der Waals surface area contributed by atoms with Crippen LogP contribution in [-0.2, 0) is 9.53 Å². The van der Waals surface area contributed by atoms with Crippen LogP contribution < -0.4 is 5.32 Å². The van der Waals surface area contributed by atoms with Crippen LogP contribution in [0, 0.1) is 0 Å². The molecule has 1 unspecified atom stereocenters. The molecule has 46 valence electrons. The molecule has 1 aliphatic heterocycles. The highest BCUT2D eigenvalue weighted by Gasteiger charge is 2.26. The number of hydrogen-bond acceptors (Lipinski definition) is 3. The standard InChI is InChI=1S/C5H9NO2/c1-2-6-4-3-5(7)8-4/h4,6H,2-3H2,1H3. The molecule has 0 aromatic heterocycles. The fraction of sp³-hybridized carbons (Fsp3) is 0.800. The number of carbonyl (C=O) groups is 1. The van der Waals surface area contributed by atoms with Gasteiger partial charge in [-0.2, -0.15) is 0 Å². The Bertz CT molecular complexity index is 94.6. The fourth-order valence-electron chi connectivity index (χ4n) is 0.642. The number of esters is 1. The maximum Gasteiger partial charge on any atom is 0.312 e. The monoisotopic (exact) mass is 115 g/mol. The number of hydrogen-bond donors (Lipinski definition) is 1. The van der Waals surface area contributed by atoms with E-state index in [2.05, 4.69) is 10.1 Å². The summed E-state index contributed by atoms with van der Waals surface area (Å²) in [7, 11) is 0. The molecule has 0 amide bonds. The largest absolute Gasteiger partial charge is 0.446 e. The van der Waals surface area contributed by atoms with Gasteiger partial charge in [-0.1, -0.05) is 6.92 Å². The zero-order valence-corrected chi connectivity index (χ0v) is 4.81. The molecule has 0 bridgehead atoms. The third-order valence-electron chi connectivity index (χ3n) is 1.06. The number of cyclic esters (lactones) is 1. The van der Waals surface area contributed by atoms with Crippen LogP contribution in [0.1, 0.15) is 13.3 Å². The predicted octanol–water partition coefficient (Wildman–Crippen LogP) is -0.131. The van der Waals surface area contributed by atoms with Crippen LogP contribution in [0.25, 0.3) is 0 Å². The first-order valence-electron chi connectivity index (χ1n) is 2.76. The van der Waals surface area contributed by atoms with E-state index in [0.717, 1.165) is 6.54 Å². The molecule has 1 rings (SSSR count). The first-order valence-corrected chi connectivity index (χ1v) is 2.76. The molecule has 1 heterocycles. The average molecular weight is 115 g/mol. The molecule has 0 spiro atoms. The number of nitrogens with one attached hydrogen (secondary N) is 1. The molecule has 1 N–H and O–H groups in total. The minimum Gasteiger partial charge on any atom is -0.446 e. The lowest BCUT2D eigenvalue weighted by molar-refractivity contribution is -0.172. The fourth-order valence-corrected chi connectivity index (χ4v) is 0.642. The first kappa shape index (κ1) is 5.56. The SMILES string of the molecule is CCNC1CC(=O)O1. The van der Waals surface area contributed by atoms with E-state index in [-0.39, 0.29) is 12.2 Å². The second kappa shape index (κ2) is 2.13. The minimum absolute atomic E-state index is 0.00694. The van der Waals surface area contributed by atoms with Crippen molar-refractivity contribution in [2.24, 2.45) is 0 Å². The van der Waals surface area contributed by atoms with E-state index >= 15 is 0 Å². The lowest BCUT2D eigenvalue weighted by atomic mass is 10.3. The molecule has 1 aliphatic rings. The zero-order chi connectivity index (χ0) is 5.98. The van der Waals surface area contributed by atoms with Crippen molar-refractivity contribution in [1.82, 2.24) is 5.32 Å². The number of rotatable bonds is 2. The van der Waals surface area contributed by atoms with E-state index in [9.17, 15) is 4.79 Å². The molecule has 1 saturated heterocycles. The Kier molecular flexibility index (Phi) is 1.48. The summed E-state index contributed by atoms with van der Waals surface area (Å²) in [6.45, 7) is 2.84. The Labute approximate surface area is 48.0 Å². The quantitative estimate of drug-likeness (QED) is 0.509. The smallest absolute Gasteiger partial charge is 0.312 e. The van der Waals surface area contributed by atoms with E-state index in [1.165, 1.54) is 0 Å². The summed E-state index contributed by atoms with van der Waals surface area (Å²) in [6.07, 6.45) is 0.542. The molecule has 1 atom stereocenters. The van der Waals surface area contributed by atoms with Gasteiger partial charge in [0, 0.05) is 0 Å². The van der Waals surface area contributed by atoms with Crippen LogP contribution in [0.3, 0.4) is 0 Å². The topological polar surface area (TPSA) is 38.3 Å². The Balaban J connectivity index is 2.06. The van der Waals surface area contributed by atoms with Crippen molar-refractivity contribution in [3.8, 4) is 0 Å². The Morgan fingerprint density at radius 1 is 2.00 bits per heavy atom. The maximum absolute atomic E-state index is 10.1. The van der Waals surface area contributed by atoms with E-state index in [0.29, 0.717) is 6.42 Å². The molecule has 8 heavy (non-hydrogen) atoms. The molecule has 3 nitrogen and oxygen atoms in total. The zero-order valence-electron chi connectivity index (χ0n) is 4.81. The Morgan fingerprint density at radius 3 is 3.00 bits per heavy atom. The van der Waals surface area contributed by atoms with Crippen molar-refractivity contribution in [2.75, 3.05) is 6.54 Å². The second-order valence-corrected chi connectivity index (χ2v) is 1.74. The summed E-state index contributed by atoms with van der Waals surface area (Å²) in [5.74, 6) is -0.101. The van der Waals surface area contributed by atoms with E-state index in [1.54, 1.807) is 0 Å². The van der Waals surface area contributed by atoms with Crippen LogP contribution >= 0.6 is 0 Å². The molecule has 0 aliphatic carbocycles. The van der Waals surface area contributed by atoms with Gasteiger partial charge in [0.1, 0.15) is 0 Å². The summed E-state index contributed by atoms with van der Waals surface area (Å²) in [5, 5.41) is 2.97. The molecule has 0 aromatic rings. The highest BCUT2D eigenvalue weighted by atomic mass is 16.6. The molecular weight excluding hydrogens is 106 g/mol. The van der Waals surface area contributed by atoms with Crippen LogP contribution in [0.15, 0.2) is 0 Å². The minimum atomic E-state index is -0.101. The van der Waals surface area contributed by atoms with Gasteiger partial charge >= 0.3 is 5.97 Å². The summed E-state index contributed by atoms with van der Waals surface area (Å²) in [4.78, 5) is 10.1. The average Bonchev–Trinajstić information content (AvgIpc) is 1.64. The van der Waals surface area contributed by atoms with Crippen LogP contribution in [0.5, 0.6) is 0 Å². The summed E-state index contributed by atoms with van der Waals surface area (Å²) in [5.41, 5.74) is 0. The van der Waals surface area contributed by atoms with Crippen molar-refractivity contribution < 1.29 is 9.53 Å². The predicted molar refractivity (Wildman–Crippen MR) is 28.2 cm³/mol. The molecule has 0 radical (unpaired) electrons. The van der Waals surface area contributed by atoms with Crippen molar-refractivity contribution >= 4 is 5.97 Å². The Hall–Kier alpha value is -0.570. The number of ether oxygens (including phenoxy) is 1. The van der Waals surface area contributed by atoms with Crippen LogP contribution in [0.4, 0.5) is 0 Å². The molecular formula is C5H9NO2. The van der Waals surface area contributed by atoms with Gasteiger partial charge in [-0.15, -0.1) is 0 Å². The van der Waals surface area contributed by atoms with Gasteiger partial charge < -0.3 is 4.74 Å². The van der Waals surface area contributed by atoms with Crippen molar-refractivity contribution in [3.05, 3.63) is 0 Å². The highest BCUT2D eigenvalue weighted by molar-refractivity contribution is 5.74. The van der Waals surface area contributed by atoms with Gasteiger partial charge in [0.25, 0.3) is 0 Å². The normalized spacial score (nSPS) is 26.6. The van der Waals surface area contributed by atoms with Crippen LogP contribution in [0.2, 0.25) is 0 Å². The first-order chi connectivity index (χ1) is 3.83. The van der Waals surface area contributed by atoms with E-state index < -0.39 is 0 Å². The van der Waals surface area contributed by atoms with Gasteiger partial charge in [0.05, 0.1) is 6.42 Å². The lowest BCUT2D eigenvalue weighted by Gasteiger charge is -2.25. The van der Waals surface area contributed by atoms with Gasteiger partial charge in [-0.25, -0.2) is 0 Å². The second-order valence-electron chi connectivity index (χ2n) is 1.74. The van der Waals surface area contributed by atoms with Gasteiger partial charge in [0.2, 0.25) is 0 Å².